The highest BCUT2D eigenvalue weighted by Gasteiger charge is 2.53. The summed E-state index contributed by atoms with van der Waals surface area (Å²) < 4.78 is 63.3. The second-order valence-corrected chi connectivity index (χ2v) is 9.20. The van der Waals surface area contributed by atoms with Crippen molar-refractivity contribution in [3.8, 4) is 0 Å². The summed E-state index contributed by atoms with van der Waals surface area (Å²) in [6.07, 6.45) is -3.13. The first kappa shape index (κ1) is 17.1. The summed E-state index contributed by atoms with van der Waals surface area (Å²) in [6.45, 7) is 0. The molecule has 2 aliphatic rings. The highest BCUT2D eigenvalue weighted by molar-refractivity contribution is 7.86. The Morgan fingerprint density at radius 3 is 1.95 bits per heavy atom. The van der Waals surface area contributed by atoms with Gasteiger partial charge in [-0.05, 0) is 25.2 Å². The largest absolute Gasteiger partial charge is 0.393 e. The fraction of sp³-hybridized carbons (Fsp3) is 1.00. The van der Waals surface area contributed by atoms with Crippen LogP contribution in [0.1, 0.15) is 19.3 Å². The number of fused-ring (bicyclic) bond motifs is 1. The third kappa shape index (κ3) is 3.23. The molecule has 2 aliphatic carbocycles. The minimum Gasteiger partial charge on any atom is -0.393 e. The maximum atomic E-state index is 11.3. The van der Waals surface area contributed by atoms with Gasteiger partial charge < -0.3 is 15.9 Å². The molecule has 9 nitrogen and oxygen atoms in total. The van der Waals surface area contributed by atoms with Crippen LogP contribution in [0, 0.1) is 11.8 Å². The summed E-state index contributed by atoms with van der Waals surface area (Å²) in [6, 6.07) is -1.27. The van der Waals surface area contributed by atoms with Crippen molar-refractivity contribution in [3.05, 3.63) is 0 Å². The summed E-state index contributed by atoms with van der Waals surface area (Å²) in [5.41, 5.74) is 5.63. The van der Waals surface area contributed by atoms with Crippen LogP contribution in [0.5, 0.6) is 0 Å². The summed E-state index contributed by atoms with van der Waals surface area (Å²) >= 11 is 0. The van der Waals surface area contributed by atoms with Gasteiger partial charge in [-0.25, -0.2) is 0 Å². The molecule has 124 valence electrons. The Morgan fingerprint density at radius 2 is 1.48 bits per heavy atom. The minimum atomic E-state index is -4.51. The van der Waals surface area contributed by atoms with Gasteiger partial charge in [-0.15, -0.1) is 0 Å². The van der Waals surface area contributed by atoms with E-state index in [0.717, 1.165) is 0 Å². The summed E-state index contributed by atoms with van der Waals surface area (Å²) in [5.74, 6) is -1.46. The fourth-order valence-corrected chi connectivity index (χ4v) is 5.57. The van der Waals surface area contributed by atoms with Crippen molar-refractivity contribution in [2.24, 2.45) is 17.6 Å². The monoisotopic (exact) mass is 345 g/mol. The van der Waals surface area contributed by atoms with Gasteiger partial charge in [0.2, 0.25) is 0 Å². The number of rotatable bonds is 2. The second kappa shape index (κ2) is 5.41. The van der Waals surface area contributed by atoms with Gasteiger partial charge in [-0.2, -0.15) is 16.8 Å². The van der Waals surface area contributed by atoms with Crippen LogP contribution in [0.25, 0.3) is 0 Å². The standard InChI is InChI=1S/C10H19NO8S2/c11-9-7(21(17,18)19)2-4-1-5(20(14,15)16)3-6(12)8(4)10(9)13/h4-10,12-13H,1-3,11H2,(H,14,15,16)(H,17,18,19). The Labute approximate surface area is 122 Å². The predicted octanol–water partition coefficient (Wildman–Crippen LogP) is -2.02. The minimum absolute atomic E-state index is 0.101. The first-order chi connectivity index (χ1) is 9.43. The molecule has 11 heteroatoms. The molecular weight excluding hydrogens is 326 g/mol. The Kier molecular flexibility index (Phi) is 4.39. The molecule has 0 aromatic heterocycles. The molecular formula is C10H19NO8S2. The maximum absolute atomic E-state index is 11.3. The van der Waals surface area contributed by atoms with Crippen LogP contribution >= 0.6 is 0 Å². The van der Waals surface area contributed by atoms with E-state index in [9.17, 15) is 27.0 Å². The van der Waals surface area contributed by atoms with Crippen molar-refractivity contribution in [2.45, 2.75) is 48.0 Å². The number of aliphatic hydroxyl groups is 2. The predicted molar refractivity (Wildman–Crippen MR) is 71.5 cm³/mol. The van der Waals surface area contributed by atoms with Crippen LogP contribution in [-0.2, 0) is 20.2 Å². The molecule has 7 unspecified atom stereocenters. The molecule has 0 aromatic rings. The molecule has 0 amide bonds. The SMILES string of the molecule is NC1C(O)C2C(O)CC(S(=O)(=O)O)CC2CC1S(=O)(=O)O. The summed E-state index contributed by atoms with van der Waals surface area (Å²) in [4.78, 5) is 0. The fourth-order valence-electron chi connectivity index (χ4n) is 3.59. The van der Waals surface area contributed by atoms with E-state index in [4.69, 9.17) is 14.8 Å². The van der Waals surface area contributed by atoms with Crippen molar-refractivity contribution < 1.29 is 36.2 Å². The van der Waals surface area contributed by atoms with Crippen LogP contribution < -0.4 is 5.73 Å². The van der Waals surface area contributed by atoms with Gasteiger partial charge in [-0.1, -0.05) is 0 Å². The van der Waals surface area contributed by atoms with E-state index in [1.54, 1.807) is 0 Å². The van der Waals surface area contributed by atoms with Crippen LogP contribution in [0.15, 0.2) is 0 Å². The molecule has 0 aliphatic heterocycles. The highest BCUT2D eigenvalue weighted by atomic mass is 32.2. The summed E-state index contributed by atoms with van der Waals surface area (Å²) in [7, 11) is -8.89. The van der Waals surface area contributed by atoms with Gasteiger partial charge in [0, 0.05) is 5.92 Å². The molecule has 0 aromatic carbocycles. The van der Waals surface area contributed by atoms with E-state index in [2.05, 4.69) is 0 Å². The van der Waals surface area contributed by atoms with Gasteiger partial charge in [-0.3, -0.25) is 9.11 Å². The van der Waals surface area contributed by atoms with E-state index in [-0.39, 0.29) is 19.3 Å². The van der Waals surface area contributed by atoms with E-state index in [1.165, 1.54) is 0 Å². The van der Waals surface area contributed by atoms with Crippen molar-refractivity contribution in [1.29, 1.82) is 0 Å². The van der Waals surface area contributed by atoms with E-state index < -0.39 is 60.8 Å². The maximum Gasteiger partial charge on any atom is 0.269 e. The first-order valence-corrected chi connectivity index (χ1v) is 9.48. The van der Waals surface area contributed by atoms with Crippen LogP contribution in [0.2, 0.25) is 0 Å². The molecule has 0 heterocycles. The van der Waals surface area contributed by atoms with Crippen molar-refractivity contribution >= 4 is 20.2 Å². The molecule has 2 saturated carbocycles. The quantitative estimate of drug-likeness (QED) is 0.353. The van der Waals surface area contributed by atoms with Gasteiger partial charge >= 0.3 is 0 Å². The van der Waals surface area contributed by atoms with Crippen molar-refractivity contribution in [3.63, 3.8) is 0 Å². The lowest BCUT2D eigenvalue weighted by Crippen LogP contribution is -2.62. The molecule has 0 radical (unpaired) electrons. The van der Waals surface area contributed by atoms with Gasteiger partial charge in [0.15, 0.2) is 0 Å². The average molecular weight is 345 g/mol. The molecule has 21 heavy (non-hydrogen) atoms. The zero-order chi connectivity index (χ0) is 16.2. The number of hydrogen-bond donors (Lipinski definition) is 5. The smallest absolute Gasteiger partial charge is 0.269 e. The highest BCUT2D eigenvalue weighted by Crippen LogP contribution is 2.43. The Bertz CT molecular complexity index is 603. The van der Waals surface area contributed by atoms with Crippen LogP contribution in [0.3, 0.4) is 0 Å². The van der Waals surface area contributed by atoms with E-state index in [0.29, 0.717) is 0 Å². The zero-order valence-corrected chi connectivity index (χ0v) is 12.6. The van der Waals surface area contributed by atoms with Crippen molar-refractivity contribution in [2.75, 3.05) is 0 Å². The van der Waals surface area contributed by atoms with Crippen molar-refractivity contribution in [1.82, 2.24) is 0 Å². The molecule has 0 bridgehead atoms. The Balaban J connectivity index is 2.31. The average Bonchev–Trinajstić information content (AvgIpc) is 2.30. The van der Waals surface area contributed by atoms with Gasteiger partial charge in [0.25, 0.3) is 20.2 Å². The Hall–Kier alpha value is -0.300. The third-order valence-electron chi connectivity index (χ3n) is 4.62. The lowest BCUT2D eigenvalue weighted by molar-refractivity contribution is -0.0741. The first-order valence-electron chi connectivity index (χ1n) is 6.47. The molecule has 6 N–H and O–H groups in total. The number of hydrogen-bond acceptors (Lipinski definition) is 7. The topological polar surface area (TPSA) is 175 Å². The van der Waals surface area contributed by atoms with Gasteiger partial charge in [0.1, 0.15) is 5.25 Å². The van der Waals surface area contributed by atoms with Gasteiger partial charge in [0.05, 0.1) is 23.5 Å². The summed E-state index contributed by atoms with van der Waals surface area (Å²) in [5, 5.41) is 17.5. The molecule has 0 spiro atoms. The zero-order valence-electron chi connectivity index (χ0n) is 11.0. The molecule has 0 saturated heterocycles. The number of aliphatic hydroxyl groups excluding tert-OH is 2. The normalized spacial score (nSPS) is 45.1. The third-order valence-corrected chi connectivity index (χ3v) is 7.11. The molecule has 2 fully saturated rings. The molecule has 2 rings (SSSR count). The Morgan fingerprint density at radius 1 is 0.905 bits per heavy atom. The van der Waals surface area contributed by atoms with E-state index in [1.807, 2.05) is 0 Å². The van der Waals surface area contributed by atoms with E-state index >= 15 is 0 Å². The van der Waals surface area contributed by atoms with Crippen LogP contribution in [-0.4, -0.2) is 64.9 Å². The second-order valence-electron chi connectivity index (χ2n) is 5.87. The van der Waals surface area contributed by atoms with Crippen LogP contribution in [0.4, 0.5) is 0 Å². The number of nitrogens with two attached hydrogens (primary N) is 1. The lowest BCUT2D eigenvalue weighted by Gasteiger charge is -2.48. The molecule has 7 atom stereocenters. The lowest BCUT2D eigenvalue weighted by atomic mass is 9.66.